The number of aromatic nitrogens is 1. The monoisotopic (exact) mass is 386 g/mol. The summed E-state index contributed by atoms with van der Waals surface area (Å²) in [6.45, 7) is 0. The van der Waals surface area contributed by atoms with E-state index in [0.29, 0.717) is 17.0 Å². The number of pyridine rings is 1. The van der Waals surface area contributed by atoms with Gasteiger partial charge in [-0.15, -0.1) is 11.3 Å². The number of rotatable bonds is 3. The first-order valence-corrected chi connectivity index (χ1v) is 8.31. The first-order valence-electron chi connectivity index (χ1n) is 6.70. The molecule has 0 fully saturated rings. The van der Waals surface area contributed by atoms with Crippen LogP contribution in [0, 0.1) is 11.3 Å². The van der Waals surface area contributed by atoms with Crippen LogP contribution in [0.25, 0.3) is 21.7 Å². The minimum atomic E-state index is -0.407. The molecular formula is C17H11BrN2O2S. The Morgan fingerprint density at radius 1 is 1.22 bits per heavy atom. The van der Waals surface area contributed by atoms with Gasteiger partial charge in [-0.25, -0.2) is 0 Å². The van der Waals surface area contributed by atoms with E-state index in [2.05, 4.69) is 20.9 Å². The molecule has 0 saturated carbocycles. The van der Waals surface area contributed by atoms with Gasteiger partial charge in [0.2, 0.25) is 0 Å². The molecule has 1 N–H and O–H groups in total. The highest BCUT2D eigenvalue weighted by atomic mass is 79.9. The van der Waals surface area contributed by atoms with Gasteiger partial charge in [0, 0.05) is 11.1 Å². The molecule has 2 aromatic heterocycles. The smallest absolute Gasteiger partial charge is 0.266 e. The number of thiophene rings is 1. The van der Waals surface area contributed by atoms with Gasteiger partial charge in [-0.2, -0.15) is 5.26 Å². The molecule has 0 spiro atoms. The van der Waals surface area contributed by atoms with Gasteiger partial charge >= 0.3 is 0 Å². The molecule has 114 valence electrons. The van der Waals surface area contributed by atoms with Gasteiger partial charge in [0.05, 0.1) is 21.5 Å². The highest BCUT2D eigenvalue weighted by Crippen LogP contribution is 2.35. The third-order valence-electron chi connectivity index (χ3n) is 3.38. The quantitative estimate of drug-likeness (QED) is 0.724. The van der Waals surface area contributed by atoms with Gasteiger partial charge in [-0.1, -0.05) is 18.2 Å². The Morgan fingerprint density at radius 3 is 2.65 bits per heavy atom. The zero-order chi connectivity index (χ0) is 16.4. The Balaban J connectivity index is 2.29. The molecule has 1 aromatic carbocycles. The van der Waals surface area contributed by atoms with Crippen molar-refractivity contribution in [3.05, 3.63) is 62.2 Å². The normalized spacial score (nSPS) is 10.3. The summed E-state index contributed by atoms with van der Waals surface area (Å²) >= 11 is 4.93. The van der Waals surface area contributed by atoms with E-state index in [1.165, 1.54) is 11.3 Å². The highest BCUT2D eigenvalue weighted by molar-refractivity contribution is 9.11. The molecule has 23 heavy (non-hydrogen) atoms. The van der Waals surface area contributed by atoms with Crippen molar-refractivity contribution in [1.29, 1.82) is 5.26 Å². The first kappa shape index (κ1) is 15.5. The lowest BCUT2D eigenvalue weighted by molar-refractivity contribution is 0.416. The van der Waals surface area contributed by atoms with Crippen LogP contribution in [0.4, 0.5) is 0 Å². The molecule has 0 atom stereocenters. The van der Waals surface area contributed by atoms with Crippen molar-refractivity contribution in [2.45, 2.75) is 0 Å². The summed E-state index contributed by atoms with van der Waals surface area (Å²) in [4.78, 5) is 16.0. The Labute approximate surface area is 145 Å². The number of nitriles is 1. The first-order chi connectivity index (χ1) is 11.1. The number of halogens is 1. The number of ether oxygens (including phenoxy) is 1. The van der Waals surface area contributed by atoms with Crippen LogP contribution in [-0.2, 0) is 0 Å². The average Bonchev–Trinajstić information content (AvgIpc) is 3.00. The van der Waals surface area contributed by atoms with Crippen LogP contribution in [-0.4, -0.2) is 12.1 Å². The number of para-hydroxylation sites is 1. The molecule has 0 aliphatic heterocycles. The lowest BCUT2D eigenvalue weighted by Crippen LogP contribution is -2.12. The molecule has 3 rings (SSSR count). The van der Waals surface area contributed by atoms with Gasteiger partial charge in [0.15, 0.2) is 0 Å². The van der Waals surface area contributed by atoms with E-state index >= 15 is 0 Å². The van der Waals surface area contributed by atoms with Crippen LogP contribution >= 0.6 is 27.3 Å². The molecule has 4 nitrogen and oxygen atoms in total. The Hall–Kier alpha value is -2.36. The van der Waals surface area contributed by atoms with Crippen molar-refractivity contribution in [2.24, 2.45) is 0 Å². The minimum absolute atomic E-state index is 0.0777. The van der Waals surface area contributed by atoms with E-state index in [4.69, 9.17) is 4.74 Å². The van der Waals surface area contributed by atoms with E-state index in [1.54, 1.807) is 13.2 Å². The number of hydrogen-bond acceptors (Lipinski definition) is 4. The Bertz CT molecular complexity index is 969. The Kier molecular flexibility index (Phi) is 4.33. The van der Waals surface area contributed by atoms with Crippen molar-refractivity contribution >= 4 is 27.3 Å². The molecular weight excluding hydrogens is 376 g/mol. The van der Waals surface area contributed by atoms with Crippen molar-refractivity contribution in [3.8, 4) is 33.5 Å². The van der Waals surface area contributed by atoms with Crippen LogP contribution in [0.3, 0.4) is 0 Å². The Morgan fingerprint density at radius 2 is 2.00 bits per heavy atom. The van der Waals surface area contributed by atoms with Crippen LogP contribution in [0.1, 0.15) is 5.56 Å². The number of nitrogens with zero attached hydrogens (tertiary/aromatic N) is 1. The zero-order valence-electron chi connectivity index (χ0n) is 12.1. The molecule has 2 heterocycles. The second-order valence-corrected chi connectivity index (χ2v) is 7.18. The van der Waals surface area contributed by atoms with Crippen LogP contribution < -0.4 is 10.3 Å². The summed E-state index contributed by atoms with van der Waals surface area (Å²) in [6, 6.07) is 15.0. The average molecular weight is 387 g/mol. The van der Waals surface area contributed by atoms with Gasteiger partial charge in [-0.05, 0) is 40.2 Å². The molecule has 6 heteroatoms. The second kappa shape index (κ2) is 6.41. The molecule has 3 aromatic rings. The number of H-pyrrole nitrogens is 1. The predicted molar refractivity (Wildman–Crippen MR) is 94.8 cm³/mol. The fourth-order valence-corrected chi connectivity index (χ4v) is 3.70. The molecule has 0 bridgehead atoms. The topological polar surface area (TPSA) is 65.9 Å². The summed E-state index contributed by atoms with van der Waals surface area (Å²) in [5.74, 6) is 0.618. The minimum Gasteiger partial charge on any atom is -0.496 e. The fourth-order valence-electron chi connectivity index (χ4n) is 2.34. The van der Waals surface area contributed by atoms with Gasteiger partial charge in [-0.3, -0.25) is 4.79 Å². The number of benzene rings is 1. The lowest BCUT2D eigenvalue weighted by atomic mass is 9.99. The van der Waals surface area contributed by atoms with E-state index in [0.717, 1.165) is 14.2 Å². The summed E-state index contributed by atoms with van der Waals surface area (Å²) in [5, 5.41) is 9.37. The largest absolute Gasteiger partial charge is 0.496 e. The summed E-state index contributed by atoms with van der Waals surface area (Å²) in [6.07, 6.45) is 0. The zero-order valence-corrected chi connectivity index (χ0v) is 14.5. The number of aromatic amines is 1. The SMILES string of the molecule is COc1ccccc1-c1cc(-c2ccc(Br)s2)[nH]c(=O)c1C#N. The maximum atomic E-state index is 12.3. The van der Waals surface area contributed by atoms with E-state index < -0.39 is 5.56 Å². The van der Waals surface area contributed by atoms with Crippen LogP contribution in [0.15, 0.2) is 51.0 Å². The molecule has 0 aliphatic rings. The van der Waals surface area contributed by atoms with E-state index in [9.17, 15) is 10.1 Å². The van der Waals surface area contributed by atoms with E-state index in [-0.39, 0.29) is 5.56 Å². The summed E-state index contributed by atoms with van der Waals surface area (Å²) in [5.41, 5.74) is 1.62. The van der Waals surface area contributed by atoms with E-state index in [1.807, 2.05) is 42.5 Å². The number of hydrogen-bond donors (Lipinski definition) is 1. The second-order valence-electron chi connectivity index (χ2n) is 4.72. The maximum absolute atomic E-state index is 12.3. The molecule has 0 amide bonds. The predicted octanol–water partition coefficient (Wildman–Crippen LogP) is 4.41. The third kappa shape index (κ3) is 2.93. The highest BCUT2D eigenvalue weighted by Gasteiger charge is 2.16. The van der Waals surface area contributed by atoms with Gasteiger partial charge in [0.1, 0.15) is 17.4 Å². The maximum Gasteiger partial charge on any atom is 0.266 e. The molecule has 0 unspecified atom stereocenters. The van der Waals surface area contributed by atoms with Crippen molar-refractivity contribution in [2.75, 3.05) is 7.11 Å². The lowest BCUT2D eigenvalue weighted by Gasteiger charge is -2.10. The van der Waals surface area contributed by atoms with Crippen molar-refractivity contribution in [1.82, 2.24) is 4.98 Å². The van der Waals surface area contributed by atoms with Crippen molar-refractivity contribution in [3.63, 3.8) is 0 Å². The number of nitrogens with one attached hydrogen (secondary N) is 1. The molecule has 0 aliphatic carbocycles. The molecule has 0 radical (unpaired) electrons. The van der Waals surface area contributed by atoms with Crippen LogP contribution in [0.2, 0.25) is 0 Å². The molecule has 0 saturated heterocycles. The van der Waals surface area contributed by atoms with Gasteiger partial charge < -0.3 is 9.72 Å². The summed E-state index contributed by atoms with van der Waals surface area (Å²) in [7, 11) is 1.56. The summed E-state index contributed by atoms with van der Waals surface area (Å²) < 4.78 is 6.33. The van der Waals surface area contributed by atoms with Crippen LogP contribution in [0.5, 0.6) is 5.75 Å². The van der Waals surface area contributed by atoms with Crippen molar-refractivity contribution < 1.29 is 4.74 Å². The van der Waals surface area contributed by atoms with Gasteiger partial charge in [0.25, 0.3) is 5.56 Å². The third-order valence-corrected chi connectivity index (χ3v) is 5.04. The fraction of sp³-hybridized carbons (Fsp3) is 0.0588. The number of methoxy groups -OCH3 is 1. The standard InChI is InChI=1S/C17H11BrN2O2S/c1-22-14-5-3-2-4-10(14)11-8-13(15-6-7-16(18)23-15)20-17(21)12(11)9-19/h2-8H,1H3,(H,20,21).